The van der Waals surface area contributed by atoms with Crippen LogP contribution in [0.5, 0.6) is 0 Å². The van der Waals surface area contributed by atoms with E-state index in [4.69, 9.17) is 0 Å². The molecule has 2 heterocycles. The molecule has 156 valence electrons. The molecule has 2 aromatic rings. The number of carbonyl (C=O) groups excluding carboxylic acids is 1. The van der Waals surface area contributed by atoms with E-state index in [-0.39, 0.29) is 17.6 Å². The van der Waals surface area contributed by atoms with Gasteiger partial charge in [-0.1, -0.05) is 26.0 Å². The van der Waals surface area contributed by atoms with E-state index in [1.54, 1.807) is 42.7 Å². The average molecular weight is 418 g/mol. The Labute approximate surface area is 172 Å². The summed E-state index contributed by atoms with van der Waals surface area (Å²) >= 11 is 0. The van der Waals surface area contributed by atoms with Crippen LogP contribution in [0.2, 0.25) is 0 Å². The van der Waals surface area contributed by atoms with Crippen LogP contribution in [0.1, 0.15) is 19.4 Å². The summed E-state index contributed by atoms with van der Waals surface area (Å²) in [5.74, 6) is 0.882. The summed E-state index contributed by atoms with van der Waals surface area (Å²) in [6.07, 6.45) is 3.72. The Bertz CT molecular complexity index is 909. The topological polar surface area (TPSA) is 95.5 Å². The Morgan fingerprint density at radius 1 is 1.07 bits per heavy atom. The molecule has 1 aliphatic heterocycles. The smallest absolute Gasteiger partial charge is 0.232 e. The Balaban J connectivity index is 1.51. The van der Waals surface area contributed by atoms with Gasteiger partial charge in [-0.05, 0) is 29.7 Å². The van der Waals surface area contributed by atoms with Crippen LogP contribution in [-0.2, 0) is 21.2 Å². The van der Waals surface area contributed by atoms with Crippen LogP contribution in [-0.4, -0.2) is 61.1 Å². The van der Waals surface area contributed by atoms with E-state index < -0.39 is 10.0 Å². The largest absolute Gasteiger partial charge is 0.339 e. The molecule has 29 heavy (non-hydrogen) atoms. The van der Waals surface area contributed by atoms with Crippen LogP contribution < -0.4 is 9.62 Å². The number of sulfonamides is 1. The summed E-state index contributed by atoms with van der Waals surface area (Å²) in [4.78, 5) is 25.0. The lowest BCUT2D eigenvalue weighted by atomic mass is 10.1. The standard InChI is InChI=1S/C20H27N5O3S/c1-16(2)15-29(27,28)23-18-6-4-17(5-7-18)14-19(26)24-10-12-25(13-11-24)20-21-8-3-9-22-20/h3-9,16,23H,10-15H2,1-2H3. The molecule has 1 aromatic heterocycles. The van der Waals surface area contributed by atoms with Gasteiger partial charge in [-0.3, -0.25) is 9.52 Å². The Morgan fingerprint density at radius 3 is 2.28 bits per heavy atom. The SMILES string of the molecule is CC(C)CS(=O)(=O)Nc1ccc(CC(=O)N2CCN(c3ncccn3)CC2)cc1. The van der Waals surface area contributed by atoms with E-state index in [0.717, 1.165) is 5.56 Å². The highest BCUT2D eigenvalue weighted by Crippen LogP contribution is 2.15. The van der Waals surface area contributed by atoms with E-state index >= 15 is 0 Å². The molecule has 0 aliphatic carbocycles. The summed E-state index contributed by atoms with van der Waals surface area (Å²) in [5, 5.41) is 0. The first kappa shape index (κ1) is 21.0. The number of amides is 1. The molecule has 1 aromatic carbocycles. The quantitative estimate of drug-likeness (QED) is 0.738. The van der Waals surface area contributed by atoms with Crippen molar-refractivity contribution in [2.24, 2.45) is 5.92 Å². The third-order valence-electron chi connectivity index (χ3n) is 4.60. The van der Waals surface area contributed by atoms with Gasteiger partial charge in [0.15, 0.2) is 0 Å². The number of nitrogens with zero attached hydrogens (tertiary/aromatic N) is 4. The Morgan fingerprint density at radius 2 is 1.69 bits per heavy atom. The number of rotatable bonds is 7. The van der Waals surface area contributed by atoms with Gasteiger partial charge in [0.2, 0.25) is 21.9 Å². The number of hydrogen-bond acceptors (Lipinski definition) is 6. The minimum atomic E-state index is -3.36. The molecular weight excluding hydrogens is 390 g/mol. The Hall–Kier alpha value is -2.68. The number of piperazine rings is 1. The first-order valence-corrected chi connectivity index (χ1v) is 11.4. The second-order valence-electron chi connectivity index (χ2n) is 7.57. The number of nitrogens with one attached hydrogen (secondary N) is 1. The summed E-state index contributed by atoms with van der Waals surface area (Å²) in [6, 6.07) is 8.76. The van der Waals surface area contributed by atoms with E-state index in [9.17, 15) is 13.2 Å². The third-order valence-corrected chi connectivity index (χ3v) is 6.25. The van der Waals surface area contributed by atoms with Crippen LogP contribution in [0, 0.1) is 5.92 Å². The highest BCUT2D eigenvalue weighted by atomic mass is 32.2. The molecule has 1 amide bonds. The fraction of sp³-hybridized carbons (Fsp3) is 0.450. The summed E-state index contributed by atoms with van der Waals surface area (Å²) < 4.78 is 26.6. The van der Waals surface area contributed by atoms with Crippen molar-refractivity contribution in [3.05, 3.63) is 48.3 Å². The fourth-order valence-corrected chi connectivity index (χ4v) is 4.70. The van der Waals surface area contributed by atoms with E-state index in [2.05, 4.69) is 19.6 Å². The fourth-order valence-electron chi connectivity index (χ4n) is 3.25. The molecular formula is C20H27N5O3S. The number of benzene rings is 1. The van der Waals surface area contributed by atoms with Crippen LogP contribution in [0.3, 0.4) is 0 Å². The van der Waals surface area contributed by atoms with E-state index in [0.29, 0.717) is 44.2 Å². The minimum Gasteiger partial charge on any atom is -0.339 e. The molecule has 0 saturated carbocycles. The third kappa shape index (κ3) is 6.15. The van der Waals surface area contributed by atoms with Gasteiger partial charge in [0.1, 0.15) is 0 Å². The van der Waals surface area contributed by atoms with Gasteiger partial charge in [-0.15, -0.1) is 0 Å². The van der Waals surface area contributed by atoms with Crippen molar-refractivity contribution >= 4 is 27.6 Å². The lowest BCUT2D eigenvalue weighted by molar-refractivity contribution is -0.130. The monoisotopic (exact) mass is 417 g/mol. The van der Waals surface area contributed by atoms with Crippen LogP contribution in [0.15, 0.2) is 42.7 Å². The second kappa shape index (κ2) is 9.21. The molecule has 0 radical (unpaired) electrons. The van der Waals surface area contributed by atoms with Crippen molar-refractivity contribution in [1.82, 2.24) is 14.9 Å². The van der Waals surface area contributed by atoms with Crippen molar-refractivity contribution in [1.29, 1.82) is 0 Å². The predicted molar refractivity (Wildman–Crippen MR) is 113 cm³/mol. The molecule has 3 rings (SSSR count). The van der Waals surface area contributed by atoms with Crippen LogP contribution >= 0.6 is 0 Å². The van der Waals surface area contributed by atoms with Crippen molar-refractivity contribution < 1.29 is 13.2 Å². The first-order chi connectivity index (χ1) is 13.8. The zero-order chi connectivity index (χ0) is 20.9. The number of hydrogen-bond donors (Lipinski definition) is 1. The molecule has 9 heteroatoms. The maximum absolute atomic E-state index is 12.6. The lowest BCUT2D eigenvalue weighted by Crippen LogP contribution is -2.49. The molecule has 0 atom stereocenters. The predicted octanol–water partition coefficient (Wildman–Crippen LogP) is 1.77. The van der Waals surface area contributed by atoms with Gasteiger partial charge in [0, 0.05) is 44.3 Å². The normalized spacial score (nSPS) is 14.9. The molecule has 0 spiro atoms. The summed E-state index contributed by atoms with van der Waals surface area (Å²) in [7, 11) is -3.36. The van der Waals surface area contributed by atoms with Crippen LogP contribution in [0.4, 0.5) is 11.6 Å². The molecule has 0 bridgehead atoms. The van der Waals surface area contributed by atoms with Gasteiger partial charge >= 0.3 is 0 Å². The van der Waals surface area contributed by atoms with Gasteiger partial charge < -0.3 is 9.80 Å². The Kier molecular flexibility index (Phi) is 6.68. The first-order valence-electron chi connectivity index (χ1n) is 9.71. The average Bonchev–Trinajstić information content (AvgIpc) is 2.69. The lowest BCUT2D eigenvalue weighted by Gasteiger charge is -2.34. The van der Waals surface area contributed by atoms with E-state index in [1.807, 2.05) is 18.7 Å². The second-order valence-corrected chi connectivity index (χ2v) is 9.33. The summed E-state index contributed by atoms with van der Waals surface area (Å²) in [6.45, 7) is 6.38. The number of anilines is 2. The van der Waals surface area contributed by atoms with Crippen molar-refractivity contribution in [2.75, 3.05) is 41.6 Å². The highest BCUT2D eigenvalue weighted by Gasteiger charge is 2.22. The molecule has 1 fully saturated rings. The molecule has 0 unspecified atom stereocenters. The molecule has 1 aliphatic rings. The maximum atomic E-state index is 12.6. The van der Waals surface area contributed by atoms with Gasteiger partial charge in [0.25, 0.3) is 0 Å². The van der Waals surface area contributed by atoms with Gasteiger partial charge in [-0.25, -0.2) is 18.4 Å². The molecule has 8 nitrogen and oxygen atoms in total. The van der Waals surface area contributed by atoms with Gasteiger partial charge in [0.05, 0.1) is 12.2 Å². The maximum Gasteiger partial charge on any atom is 0.232 e. The van der Waals surface area contributed by atoms with E-state index in [1.165, 1.54) is 0 Å². The zero-order valence-electron chi connectivity index (χ0n) is 16.8. The number of aromatic nitrogens is 2. The minimum absolute atomic E-state index is 0.0540. The summed E-state index contributed by atoms with van der Waals surface area (Å²) in [5.41, 5.74) is 1.37. The molecule has 1 saturated heterocycles. The number of carbonyl (C=O) groups is 1. The highest BCUT2D eigenvalue weighted by molar-refractivity contribution is 7.92. The van der Waals surface area contributed by atoms with Crippen molar-refractivity contribution in [2.45, 2.75) is 20.3 Å². The van der Waals surface area contributed by atoms with Crippen molar-refractivity contribution in [3.63, 3.8) is 0 Å². The van der Waals surface area contributed by atoms with Crippen LogP contribution in [0.25, 0.3) is 0 Å². The molecule has 1 N–H and O–H groups in total. The van der Waals surface area contributed by atoms with Crippen molar-refractivity contribution in [3.8, 4) is 0 Å². The zero-order valence-corrected chi connectivity index (χ0v) is 17.6. The van der Waals surface area contributed by atoms with Gasteiger partial charge in [-0.2, -0.15) is 0 Å².